The van der Waals surface area contributed by atoms with Crippen molar-refractivity contribution in [2.75, 3.05) is 12.3 Å². The van der Waals surface area contributed by atoms with Crippen molar-refractivity contribution in [1.29, 1.82) is 0 Å². The highest BCUT2D eigenvalue weighted by Gasteiger charge is 2.42. The van der Waals surface area contributed by atoms with Gasteiger partial charge in [0.15, 0.2) is 11.2 Å². The number of urea groups is 1. The summed E-state index contributed by atoms with van der Waals surface area (Å²) >= 11 is 1.88. The van der Waals surface area contributed by atoms with Crippen LogP contribution in [0.5, 0.6) is 0 Å². The molecule has 2 aliphatic heterocycles. The Morgan fingerprint density at radius 2 is 1.81 bits per heavy atom. The largest absolute Gasteiger partial charge is 0.459 e. The van der Waals surface area contributed by atoms with Crippen LogP contribution in [-0.2, 0) is 33.9 Å². The minimum Gasteiger partial charge on any atom is -0.459 e. The molecular weight excluding hydrogens is 750 g/mol. The summed E-state index contributed by atoms with van der Waals surface area (Å²) in [6.45, 7) is 0.829. The highest BCUT2D eigenvalue weighted by molar-refractivity contribution is 8.00. The molecule has 0 spiro atoms. The maximum Gasteiger partial charge on any atom is 0.315 e. The van der Waals surface area contributed by atoms with Crippen LogP contribution in [0.25, 0.3) is 38.7 Å². The first kappa shape index (κ1) is 38.1. The van der Waals surface area contributed by atoms with Crippen LogP contribution in [0.3, 0.4) is 0 Å². The molecule has 2 aliphatic rings. The Morgan fingerprint density at radius 3 is 2.68 bits per heavy atom. The van der Waals surface area contributed by atoms with Gasteiger partial charge < -0.3 is 30.2 Å². The van der Waals surface area contributed by atoms with E-state index in [2.05, 4.69) is 37.2 Å². The normalized spacial score (nSPS) is 17.6. The van der Waals surface area contributed by atoms with Gasteiger partial charge in [0.05, 0.1) is 17.6 Å². The second-order valence-electron chi connectivity index (χ2n) is 14.6. The molecule has 16 heteroatoms. The summed E-state index contributed by atoms with van der Waals surface area (Å²) in [5, 5.41) is 23.9. The third-order valence-electron chi connectivity index (χ3n) is 10.8. The summed E-state index contributed by atoms with van der Waals surface area (Å²) in [6, 6.07) is 16.0. The summed E-state index contributed by atoms with van der Waals surface area (Å²) in [6.07, 6.45) is 9.78. The molecule has 0 radical (unpaired) electrons. The molecule has 3 amide bonds. The minimum atomic E-state index is -0.403. The van der Waals surface area contributed by atoms with Crippen molar-refractivity contribution in [3.05, 3.63) is 94.4 Å². The topological polar surface area (TPSA) is 177 Å². The predicted octanol–water partition coefficient (Wildman–Crippen LogP) is 5.41. The zero-order chi connectivity index (χ0) is 39.3. The number of pyridine rings is 1. The van der Waals surface area contributed by atoms with Gasteiger partial charge in [-0.25, -0.2) is 13.7 Å². The Kier molecular flexibility index (Phi) is 11.5. The number of carbonyl (C=O) groups is 3. The van der Waals surface area contributed by atoms with Gasteiger partial charge in [0.25, 0.3) is 5.56 Å². The van der Waals surface area contributed by atoms with Crippen molar-refractivity contribution in [2.45, 2.75) is 88.3 Å². The summed E-state index contributed by atoms with van der Waals surface area (Å²) in [5.41, 5.74) is 4.32. The van der Waals surface area contributed by atoms with Crippen molar-refractivity contribution >= 4 is 57.3 Å². The number of halogens is 1. The van der Waals surface area contributed by atoms with Gasteiger partial charge in [-0.3, -0.25) is 14.4 Å². The fraction of sp³-hybridized carbons (Fsp3) is 0.390. The number of amides is 3. The Hall–Kier alpha value is -5.77. The SMILES string of the molecule is O=C(CCCCC1SCC2NC(=O)NC21)NCCCCCC(=O)OCc1nn2c(nnc3c(=O)n(CCc4c[nH]c5ccccc45)ccc32)c1-c1ccc(F)cc1. The van der Waals surface area contributed by atoms with E-state index < -0.39 is 11.8 Å². The monoisotopic (exact) mass is 793 g/mol. The molecular formula is C41H44FN9O5S. The van der Waals surface area contributed by atoms with Crippen LogP contribution < -0.4 is 21.5 Å². The number of fused-ring (bicyclic) bond motifs is 5. The molecule has 0 saturated carbocycles. The number of benzene rings is 2. The molecule has 296 valence electrons. The summed E-state index contributed by atoms with van der Waals surface area (Å²) in [4.78, 5) is 53.6. The van der Waals surface area contributed by atoms with Gasteiger partial charge in [0.2, 0.25) is 5.91 Å². The van der Waals surface area contributed by atoms with Gasteiger partial charge in [-0.1, -0.05) is 43.2 Å². The number of carbonyl (C=O) groups excluding carboxylic acids is 3. The number of aryl methyl sites for hydroxylation is 2. The number of esters is 1. The van der Waals surface area contributed by atoms with Crippen LogP contribution in [0.4, 0.5) is 9.18 Å². The third kappa shape index (κ3) is 8.50. The van der Waals surface area contributed by atoms with Crippen molar-refractivity contribution in [3.8, 4) is 11.1 Å². The molecule has 2 saturated heterocycles. The average Bonchev–Trinajstić information content (AvgIpc) is 3.99. The van der Waals surface area contributed by atoms with Crippen LogP contribution in [0.1, 0.15) is 62.6 Å². The van der Waals surface area contributed by atoms with Crippen molar-refractivity contribution in [1.82, 2.24) is 45.3 Å². The number of para-hydroxylation sites is 1. The zero-order valence-electron chi connectivity index (χ0n) is 31.3. The number of hydrogen-bond acceptors (Lipinski definition) is 9. The molecule has 3 unspecified atom stereocenters. The number of rotatable bonds is 17. The number of aromatic amines is 1. The number of thioether (sulfide) groups is 1. The fourth-order valence-corrected chi connectivity index (χ4v) is 9.32. The molecule has 2 fully saturated rings. The fourth-order valence-electron chi connectivity index (χ4n) is 7.78. The van der Waals surface area contributed by atoms with E-state index in [1.54, 1.807) is 29.0 Å². The third-order valence-corrected chi connectivity index (χ3v) is 12.3. The summed E-state index contributed by atoms with van der Waals surface area (Å²) in [5.74, 6) is 0.158. The maximum atomic E-state index is 13.9. The van der Waals surface area contributed by atoms with E-state index in [-0.39, 0.29) is 48.1 Å². The van der Waals surface area contributed by atoms with Crippen LogP contribution in [0.2, 0.25) is 0 Å². The van der Waals surface area contributed by atoms with Gasteiger partial charge in [0.1, 0.15) is 23.6 Å². The number of unbranched alkanes of at least 4 members (excludes halogenated alkanes) is 3. The average molecular weight is 794 g/mol. The maximum absolute atomic E-state index is 13.9. The molecule has 4 aromatic heterocycles. The molecule has 57 heavy (non-hydrogen) atoms. The lowest BCUT2D eigenvalue weighted by molar-refractivity contribution is -0.145. The minimum absolute atomic E-state index is 0.0243. The molecule has 8 rings (SSSR count). The lowest BCUT2D eigenvalue weighted by Crippen LogP contribution is -2.36. The Bertz CT molecular complexity index is 2480. The standard InChI is InChI=1S/C41H44FN9O5S/c42-27-15-13-25(14-16-27)36-30(23-56-35(53)12-2-1-7-19-43-34(52)11-6-5-10-33-37-31(24-57-33)45-41(55)46-37)49-51-32-18-21-50(40(54)38(32)47-48-39(36)51)20-17-26-22-44-29-9-4-3-8-28(26)29/h3-4,8-9,13-16,18,21-22,31,33,37,44H,1-2,5-7,10-12,17,19-20,23-24H2,(H,43,52)(H2,45,46,55). The highest BCUT2D eigenvalue weighted by Crippen LogP contribution is 2.33. The van der Waals surface area contributed by atoms with Crippen molar-refractivity contribution in [3.63, 3.8) is 0 Å². The number of nitrogens with zero attached hydrogens (tertiary/aromatic N) is 5. The Balaban J connectivity index is 0.833. The molecule has 0 bridgehead atoms. The van der Waals surface area contributed by atoms with Crippen LogP contribution in [0.15, 0.2) is 71.8 Å². The molecule has 14 nitrogen and oxygen atoms in total. The van der Waals surface area contributed by atoms with E-state index in [9.17, 15) is 23.6 Å². The van der Waals surface area contributed by atoms with Crippen LogP contribution >= 0.6 is 11.8 Å². The highest BCUT2D eigenvalue weighted by atomic mass is 32.2. The molecule has 3 atom stereocenters. The Morgan fingerprint density at radius 1 is 0.965 bits per heavy atom. The lowest BCUT2D eigenvalue weighted by Gasteiger charge is -2.16. The number of aromatic nitrogens is 6. The van der Waals surface area contributed by atoms with E-state index in [1.165, 1.54) is 16.6 Å². The summed E-state index contributed by atoms with van der Waals surface area (Å²) in [7, 11) is 0. The number of H-pyrrole nitrogens is 1. The van der Waals surface area contributed by atoms with Gasteiger partial charge >= 0.3 is 12.0 Å². The zero-order valence-corrected chi connectivity index (χ0v) is 32.2. The van der Waals surface area contributed by atoms with Crippen molar-refractivity contribution < 1.29 is 23.5 Å². The first-order valence-corrected chi connectivity index (χ1v) is 20.6. The van der Waals surface area contributed by atoms with Gasteiger partial charge in [0, 0.05) is 60.2 Å². The predicted molar refractivity (Wildman–Crippen MR) is 215 cm³/mol. The second kappa shape index (κ2) is 17.2. The molecule has 0 aliphatic carbocycles. The number of ether oxygens (including phenoxy) is 1. The smallest absolute Gasteiger partial charge is 0.315 e. The lowest BCUT2D eigenvalue weighted by atomic mass is 10.0. The first-order chi connectivity index (χ1) is 27.8. The van der Waals surface area contributed by atoms with E-state index in [4.69, 9.17) is 9.84 Å². The molecule has 6 aromatic rings. The molecule has 6 heterocycles. The Labute approximate surface area is 331 Å². The summed E-state index contributed by atoms with van der Waals surface area (Å²) < 4.78 is 22.7. The second-order valence-corrected chi connectivity index (χ2v) is 15.9. The molecule has 2 aromatic carbocycles. The van der Waals surface area contributed by atoms with E-state index >= 15 is 0 Å². The van der Waals surface area contributed by atoms with Gasteiger partial charge in [-0.2, -0.15) is 16.9 Å². The van der Waals surface area contributed by atoms with Crippen LogP contribution in [0, 0.1) is 5.82 Å². The van der Waals surface area contributed by atoms with E-state index in [0.29, 0.717) is 65.6 Å². The number of nitrogens with one attached hydrogen (secondary N) is 4. The van der Waals surface area contributed by atoms with Gasteiger partial charge in [-0.05, 0) is 67.5 Å². The quantitative estimate of drug-likeness (QED) is 0.0534. The molecule has 4 N–H and O–H groups in total. The van der Waals surface area contributed by atoms with Crippen LogP contribution in [-0.4, -0.2) is 76.9 Å². The van der Waals surface area contributed by atoms with E-state index in [1.807, 2.05) is 36.2 Å². The first-order valence-electron chi connectivity index (χ1n) is 19.5. The number of hydrogen-bond donors (Lipinski definition) is 4. The van der Waals surface area contributed by atoms with Crippen molar-refractivity contribution in [2.24, 2.45) is 0 Å². The van der Waals surface area contributed by atoms with Gasteiger partial charge in [-0.15, -0.1) is 10.2 Å². The van der Waals surface area contributed by atoms with E-state index in [0.717, 1.165) is 54.3 Å².